The van der Waals surface area contributed by atoms with Gasteiger partial charge in [-0.2, -0.15) is 0 Å². The number of hydrogen-bond acceptors (Lipinski definition) is 5. The summed E-state index contributed by atoms with van der Waals surface area (Å²) in [4.78, 5) is 41.1. The molecule has 23 heavy (non-hydrogen) atoms. The molecule has 2 heterocycles. The van der Waals surface area contributed by atoms with Crippen LogP contribution in [0.25, 0.3) is 11.0 Å². The molecule has 3 rings (SSSR count). The monoisotopic (exact) mass is 314 g/mol. The standard InChI is InChI=1S/C14H12N5O4/c20-13-14(21)18-12-8(6-15-7-9-2-1-3-16-9)4-10(19(22)23)5-11(12)17-13/h1-5,7,15-16H,6H2,(H,17,20)(H,18,21). The van der Waals surface area contributed by atoms with Crippen molar-refractivity contribution in [3.8, 4) is 0 Å². The zero-order valence-corrected chi connectivity index (χ0v) is 11.8. The molecule has 0 aliphatic carbocycles. The van der Waals surface area contributed by atoms with E-state index in [2.05, 4.69) is 20.3 Å². The van der Waals surface area contributed by atoms with Gasteiger partial charge < -0.3 is 20.3 Å². The number of H-pyrrole nitrogens is 3. The minimum atomic E-state index is -0.852. The van der Waals surface area contributed by atoms with E-state index in [0.717, 1.165) is 5.69 Å². The number of aromatic amines is 3. The molecule has 9 nitrogen and oxygen atoms in total. The average molecular weight is 314 g/mol. The first-order valence-corrected chi connectivity index (χ1v) is 6.68. The Labute approximate surface area is 128 Å². The van der Waals surface area contributed by atoms with Crippen molar-refractivity contribution in [3.05, 3.63) is 79.1 Å². The fourth-order valence-electron chi connectivity index (χ4n) is 2.23. The van der Waals surface area contributed by atoms with Crippen LogP contribution >= 0.6 is 0 Å². The highest BCUT2D eigenvalue weighted by Gasteiger charge is 2.13. The summed E-state index contributed by atoms with van der Waals surface area (Å²) in [6.45, 7) is 1.94. The Morgan fingerprint density at radius 2 is 2.00 bits per heavy atom. The number of nitro benzene ring substituents is 1. The van der Waals surface area contributed by atoms with Gasteiger partial charge in [-0.1, -0.05) is 0 Å². The third kappa shape index (κ3) is 3.04. The molecule has 0 unspecified atom stereocenters. The van der Waals surface area contributed by atoms with E-state index in [1.54, 1.807) is 12.7 Å². The predicted molar refractivity (Wildman–Crippen MR) is 82.9 cm³/mol. The van der Waals surface area contributed by atoms with E-state index in [-0.39, 0.29) is 17.7 Å². The first kappa shape index (κ1) is 14.7. The molecule has 117 valence electrons. The van der Waals surface area contributed by atoms with Crippen LogP contribution in [0, 0.1) is 16.7 Å². The van der Waals surface area contributed by atoms with Crippen LogP contribution in [0.4, 0.5) is 5.69 Å². The highest BCUT2D eigenvalue weighted by Crippen LogP contribution is 2.21. The molecular weight excluding hydrogens is 302 g/mol. The highest BCUT2D eigenvalue weighted by molar-refractivity contribution is 5.80. The fourth-order valence-corrected chi connectivity index (χ4v) is 2.23. The molecule has 9 heteroatoms. The van der Waals surface area contributed by atoms with Gasteiger partial charge in [-0.05, 0) is 17.7 Å². The molecule has 3 aromatic rings. The van der Waals surface area contributed by atoms with Crippen molar-refractivity contribution >= 4 is 16.7 Å². The third-order valence-electron chi connectivity index (χ3n) is 3.28. The van der Waals surface area contributed by atoms with E-state index in [9.17, 15) is 19.7 Å². The first-order chi connectivity index (χ1) is 11.0. The molecular formula is C14H12N5O4. The van der Waals surface area contributed by atoms with Gasteiger partial charge in [0, 0.05) is 30.6 Å². The topological polar surface area (TPSA) is 137 Å². The molecule has 0 aliphatic heterocycles. The van der Waals surface area contributed by atoms with Gasteiger partial charge in [-0.15, -0.1) is 0 Å². The summed E-state index contributed by atoms with van der Waals surface area (Å²) in [5, 5.41) is 14.0. The Morgan fingerprint density at radius 1 is 1.22 bits per heavy atom. The number of nitrogens with one attached hydrogen (secondary N) is 4. The maximum Gasteiger partial charge on any atom is 0.314 e. The Balaban J connectivity index is 1.98. The van der Waals surface area contributed by atoms with Gasteiger partial charge in [-0.25, -0.2) is 0 Å². The lowest BCUT2D eigenvalue weighted by molar-refractivity contribution is -0.384. The second-order valence-electron chi connectivity index (χ2n) is 4.84. The van der Waals surface area contributed by atoms with Crippen LogP contribution in [0.2, 0.25) is 0 Å². The first-order valence-electron chi connectivity index (χ1n) is 6.68. The average Bonchev–Trinajstić information content (AvgIpc) is 3.02. The third-order valence-corrected chi connectivity index (χ3v) is 3.28. The van der Waals surface area contributed by atoms with E-state index in [1.165, 1.54) is 12.1 Å². The van der Waals surface area contributed by atoms with Crippen molar-refractivity contribution in [1.29, 1.82) is 0 Å². The summed E-state index contributed by atoms with van der Waals surface area (Å²) >= 11 is 0. The summed E-state index contributed by atoms with van der Waals surface area (Å²) in [7, 11) is 0. The molecule has 1 aromatic carbocycles. The van der Waals surface area contributed by atoms with Gasteiger partial charge in [-0.3, -0.25) is 19.7 Å². The van der Waals surface area contributed by atoms with Crippen LogP contribution in [0.3, 0.4) is 0 Å². The minimum absolute atomic E-state index is 0.170. The lowest BCUT2D eigenvalue weighted by Crippen LogP contribution is -2.29. The second kappa shape index (κ2) is 5.89. The van der Waals surface area contributed by atoms with E-state index in [0.29, 0.717) is 11.1 Å². The number of nitro groups is 1. The van der Waals surface area contributed by atoms with Gasteiger partial charge >= 0.3 is 11.1 Å². The van der Waals surface area contributed by atoms with Crippen LogP contribution in [0.15, 0.2) is 40.1 Å². The van der Waals surface area contributed by atoms with Gasteiger partial charge in [0.1, 0.15) is 0 Å². The van der Waals surface area contributed by atoms with Gasteiger partial charge in [0.15, 0.2) is 0 Å². The van der Waals surface area contributed by atoms with Crippen LogP contribution in [-0.4, -0.2) is 19.9 Å². The Kier molecular flexibility index (Phi) is 3.77. The molecule has 0 amide bonds. The van der Waals surface area contributed by atoms with Crippen LogP contribution in [0.5, 0.6) is 0 Å². The molecule has 0 aliphatic rings. The second-order valence-corrected chi connectivity index (χ2v) is 4.84. The highest BCUT2D eigenvalue weighted by atomic mass is 16.6. The lowest BCUT2D eigenvalue weighted by Gasteiger charge is -2.07. The van der Waals surface area contributed by atoms with E-state index >= 15 is 0 Å². The SMILES string of the molecule is O=c1[nH]c2cc([N+](=O)[O-])cc(CN[CH]c3ccc[nH]3)c2[nH]c1=O. The van der Waals surface area contributed by atoms with Gasteiger partial charge in [0.2, 0.25) is 0 Å². The zero-order valence-electron chi connectivity index (χ0n) is 11.8. The van der Waals surface area contributed by atoms with Crippen molar-refractivity contribution in [2.45, 2.75) is 6.54 Å². The Morgan fingerprint density at radius 3 is 2.70 bits per heavy atom. The minimum Gasteiger partial charge on any atom is -0.364 e. The molecule has 0 saturated carbocycles. The van der Waals surface area contributed by atoms with Crippen LogP contribution < -0.4 is 16.4 Å². The molecule has 0 saturated heterocycles. The van der Waals surface area contributed by atoms with Gasteiger partial charge in [0.25, 0.3) is 5.69 Å². The molecule has 0 spiro atoms. The van der Waals surface area contributed by atoms with Crippen molar-refractivity contribution < 1.29 is 4.92 Å². The zero-order chi connectivity index (χ0) is 16.4. The maximum atomic E-state index is 11.5. The van der Waals surface area contributed by atoms with E-state index in [4.69, 9.17) is 0 Å². The summed E-state index contributed by atoms with van der Waals surface area (Å²) in [5.41, 5.74) is 0.0627. The van der Waals surface area contributed by atoms with Crippen LogP contribution in [-0.2, 0) is 6.54 Å². The summed E-state index contributed by atoms with van der Waals surface area (Å²) in [6, 6.07) is 6.24. The largest absolute Gasteiger partial charge is 0.364 e. The number of non-ortho nitro benzene ring substituents is 1. The fraction of sp³-hybridized carbons (Fsp3) is 0.0714. The smallest absolute Gasteiger partial charge is 0.314 e. The Bertz CT molecular complexity index is 971. The molecule has 0 fully saturated rings. The van der Waals surface area contributed by atoms with Crippen LogP contribution in [0.1, 0.15) is 11.3 Å². The predicted octanol–water partition coefficient (Wildman–Crippen LogP) is 0.752. The lowest BCUT2D eigenvalue weighted by atomic mass is 10.1. The number of rotatable bonds is 5. The Hall–Kier alpha value is -3.20. The molecule has 0 atom stereocenters. The van der Waals surface area contributed by atoms with Crippen molar-refractivity contribution in [2.75, 3.05) is 0 Å². The van der Waals surface area contributed by atoms with E-state index < -0.39 is 16.0 Å². The van der Waals surface area contributed by atoms with Crippen molar-refractivity contribution in [1.82, 2.24) is 20.3 Å². The number of nitrogens with zero attached hydrogens (tertiary/aromatic N) is 1. The number of fused-ring (bicyclic) bond motifs is 1. The molecule has 1 radical (unpaired) electrons. The number of aromatic nitrogens is 3. The van der Waals surface area contributed by atoms with Crippen molar-refractivity contribution in [2.24, 2.45) is 0 Å². The number of benzene rings is 1. The summed E-state index contributed by atoms with van der Waals surface area (Å²) in [5.74, 6) is 0. The summed E-state index contributed by atoms with van der Waals surface area (Å²) in [6.07, 6.45) is 1.76. The van der Waals surface area contributed by atoms with E-state index in [1.807, 2.05) is 12.1 Å². The van der Waals surface area contributed by atoms with Gasteiger partial charge in [0.05, 0.1) is 22.5 Å². The molecule has 0 bridgehead atoms. The maximum absolute atomic E-state index is 11.5. The molecule has 2 aromatic heterocycles. The number of hydrogen-bond donors (Lipinski definition) is 4. The molecule has 4 N–H and O–H groups in total. The quantitative estimate of drug-likeness (QED) is 0.313. The van der Waals surface area contributed by atoms with Crippen molar-refractivity contribution in [3.63, 3.8) is 0 Å². The summed E-state index contributed by atoms with van der Waals surface area (Å²) < 4.78 is 0. The normalized spacial score (nSPS) is 11.0.